The van der Waals surface area contributed by atoms with Gasteiger partial charge in [-0.25, -0.2) is 10.9 Å². The lowest BCUT2D eigenvalue weighted by Gasteiger charge is -2.41. The van der Waals surface area contributed by atoms with Gasteiger partial charge in [-0.2, -0.15) is 26.3 Å². The molecule has 0 aromatic rings. The monoisotopic (exact) mass is 437 g/mol. The van der Waals surface area contributed by atoms with Crippen molar-refractivity contribution in [3.8, 4) is 0 Å². The molecule has 13 heteroatoms. The smallest absolute Gasteiger partial charge is 0.378 e. The van der Waals surface area contributed by atoms with Crippen LogP contribution in [0.3, 0.4) is 0 Å². The molecule has 6 unspecified atom stereocenters. The van der Waals surface area contributed by atoms with Crippen LogP contribution in [0.4, 0.5) is 26.3 Å². The fraction of sp³-hybridized carbons (Fsp3) is 1.00. The van der Waals surface area contributed by atoms with Crippen molar-refractivity contribution in [3.05, 3.63) is 0 Å². The predicted molar refractivity (Wildman–Crippen MR) is 86.0 cm³/mol. The van der Waals surface area contributed by atoms with Gasteiger partial charge in [-0.3, -0.25) is 5.32 Å². The standard InChI is InChI=1S/C16H25F6N3O4/c1-8-3-2-6-27-7-14(26,16(20,21)22)13-25-24-12(29-13)10-5-4-9(15(17,18)19)11(23-10)28-8/h8-13,23-26H,2-7H2,1H3/t8-,9?,10?,11?,12?,13?,14?/m1/s1. The summed E-state index contributed by atoms with van der Waals surface area (Å²) in [6.45, 7) is 0.423. The van der Waals surface area contributed by atoms with E-state index in [-0.39, 0.29) is 32.3 Å². The molecule has 3 aliphatic heterocycles. The number of alkyl halides is 6. The molecule has 0 spiro atoms. The van der Waals surface area contributed by atoms with E-state index < -0.39 is 61.3 Å². The van der Waals surface area contributed by atoms with Crippen LogP contribution >= 0.6 is 0 Å². The third kappa shape index (κ3) is 4.97. The van der Waals surface area contributed by atoms with Crippen LogP contribution < -0.4 is 16.2 Å². The van der Waals surface area contributed by atoms with Gasteiger partial charge in [-0.05, 0) is 32.6 Å². The zero-order valence-corrected chi connectivity index (χ0v) is 15.6. The number of hydrazine groups is 1. The van der Waals surface area contributed by atoms with Gasteiger partial charge in [0.1, 0.15) is 12.5 Å². The average Bonchev–Trinajstić information content (AvgIpc) is 3.09. The first kappa shape index (κ1) is 23.0. The SMILES string of the molecule is C[C@@H]1CCCOCC(O)(C(F)(F)F)C2NNC(O2)C2CCC(C(F)(F)F)C(N2)O1. The largest absolute Gasteiger partial charge is 0.423 e. The highest BCUT2D eigenvalue weighted by atomic mass is 19.4. The van der Waals surface area contributed by atoms with E-state index in [2.05, 4.69) is 16.2 Å². The molecular formula is C16H25F6N3O4. The third-order valence-corrected chi connectivity index (χ3v) is 5.48. The number of nitrogens with one attached hydrogen (secondary N) is 3. The molecule has 29 heavy (non-hydrogen) atoms. The highest BCUT2D eigenvalue weighted by molar-refractivity contribution is 4.98. The van der Waals surface area contributed by atoms with Crippen LogP contribution in [0.2, 0.25) is 0 Å². The first-order valence-electron chi connectivity index (χ1n) is 9.43. The van der Waals surface area contributed by atoms with Gasteiger partial charge in [0.05, 0.1) is 24.7 Å². The molecule has 0 saturated carbocycles. The molecule has 3 heterocycles. The first-order chi connectivity index (χ1) is 13.4. The molecule has 0 radical (unpaired) electrons. The average molecular weight is 437 g/mol. The Kier molecular flexibility index (Phi) is 6.69. The fourth-order valence-corrected chi connectivity index (χ4v) is 3.75. The zero-order chi connectivity index (χ0) is 21.4. The number of ether oxygens (including phenoxy) is 3. The Labute approximate surface area is 163 Å². The number of hydrogen-bond acceptors (Lipinski definition) is 7. The maximum absolute atomic E-state index is 13.5. The molecule has 3 saturated heterocycles. The number of aliphatic hydroxyl groups is 1. The molecule has 3 fully saturated rings. The minimum Gasteiger partial charge on any atom is -0.378 e. The Bertz CT molecular complexity index is 566. The van der Waals surface area contributed by atoms with Crippen LogP contribution in [-0.2, 0) is 14.2 Å². The number of piperidine rings is 1. The second-order valence-corrected chi connectivity index (χ2v) is 7.71. The lowest BCUT2D eigenvalue weighted by Crippen LogP contribution is -2.62. The van der Waals surface area contributed by atoms with E-state index in [1.54, 1.807) is 6.92 Å². The molecule has 170 valence electrons. The van der Waals surface area contributed by atoms with Gasteiger partial charge < -0.3 is 19.3 Å². The van der Waals surface area contributed by atoms with Crippen molar-refractivity contribution in [1.29, 1.82) is 0 Å². The van der Waals surface area contributed by atoms with Crippen LogP contribution in [-0.4, -0.2) is 67.1 Å². The Morgan fingerprint density at radius 2 is 1.69 bits per heavy atom. The van der Waals surface area contributed by atoms with E-state index in [9.17, 15) is 31.4 Å². The van der Waals surface area contributed by atoms with E-state index in [4.69, 9.17) is 14.2 Å². The van der Waals surface area contributed by atoms with Crippen molar-refractivity contribution < 1.29 is 45.7 Å². The van der Waals surface area contributed by atoms with Gasteiger partial charge in [-0.1, -0.05) is 0 Å². The Morgan fingerprint density at radius 3 is 2.34 bits per heavy atom. The minimum absolute atomic E-state index is 0.00850. The van der Waals surface area contributed by atoms with Crippen molar-refractivity contribution in [1.82, 2.24) is 16.2 Å². The summed E-state index contributed by atoms with van der Waals surface area (Å²) in [4.78, 5) is 0. The third-order valence-electron chi connectivity index (χ3n) is 5.48. The predicted octanol–water partition coefficient (Wildman–Crippen LogP) is 1.53. The maximum atomic E-state index is 13.5. The molecule has 0 aromatic heterocycles. The number of rotatable bonds is 0. The van der Waals surface area contributed by atoms with Crippen molar-refractivity contribution in [2.24, 2.45) is 5.92 Å². The van der Waals surface area contributed by atoms with Crippen molar-refractivity contribution in [3.63, 3.8) is 0 Å². The van der Waals surface area contributed by atoms with Crippen LogP contribution in [0, 0.1) is 5.92 Å². The summed E-state index contributed by atoms with van der Waals surface area (Å²) >= 11 is 0. The Morgan fingerprint density at radius 1 is 0.966 bits per heavy atom. The summed E-state index contributed by atoms with van der Waals surface area (Å²) in [5.74, 6) is -1.75. The molecule has 7 atom stereocenters. The highest BCUT2D eigenvalue weighted by Crippen LogP contribution is 2.39. The lowest BCUT2D eigenvalue weighted by atomic mass is 9.91. The Hall–Kier alpha value is -0.700. The number of fused-ring (bicyclic) bond motifs is 5. The van der Waals surface area contributed by atoms with E-state index in [1.807, 2.05) is 0 Å². The van der Waals surface area contributed by atoms with Crippen LogP contribution in [0.1, 0.15) is 32.6 Å². The van der Waals surface area contributed by atoms with Gasteiger partial charge >= 0.3 is 12.4 Å². The zero-order valence-electron chi connectivity index (χ0n) is 15.6. The summed E-state index contributed by atoms with van der Waals surface area (Å²) < 4.78 is 96.7. The summed E-state index contributed by atoms with van der Waals surface area (Å²) in [5.41, 5.74) is 1.41. The molecule has 4 N–H and O–H groups in total. The van der Waals surface area contributed by atoms with Gasteiger partial charge in [0.2, 0.25) is 5.60 Å². The highest BCUT2D eigenvalue weighted by Gasteiger charge is 2.62. The summed E-state index contributed by atoms with van der Waals surface area (Å²) in [5, 5.41) is 13.0. The van der Waals surface area contributed by atoms with E-state index in [0.717, 1.165) is 0 Å². The van der Waals surface area contributed by atoms with Crippen LogP contribution in [0.5, 0.6) is 0 Å². The second-order valence-electron chi connectivity index (χ2n) is 7.71. The first-order valence-corrected chi connectivity index (χ1v) is 9.43. The molecule has 0 aliphatic carbocycles. The fourth-order valence-electron chi connectivity index (χ4n) is 3.75. The number of halogens is 6. The van der Waals surface area contributed by atoms with Gasteiger partial charge in [0.15, 0.2) is 6.23 Å². The minimum atomic E-state index is -5.06. The van der Waals surface area contributed by atoms with E-state index in [1.165, 1.54) is 0 Å². The molecule has 0 aromatic carbocycles. The lowest BCUT2D eigenvalue weighted by molar-refractivity contribution is -0.311. The van der Waals surface area contributed by atoms with Crippen molar-refractivity contribution >= 4 is 0 Å². The summed E-state index contributed by atoms with van der Waals surface area (Å²) in [7, 11) is 0. The van der Waals surface area contributed by atoms with Crippen molar-refractivity contribution in [2.75, 3.05) is 13.2 Å². The topological polar surface area (TPSA) is 84.0 Å². The Balaban J connectivity index is 1.82. The molecule has 7 nitrogen and oxygen atoms in total. The van der Waals surface area contributed by atoms with Crippen molar-refractivity contribution in [2.45, 2.75) is 81.4 Å². The molecule has 3 aliphatic rings. The summed E-state index contributed by atoms with van der Waals surface area (Å²) in [6, 6.07) is -0.760. The normalized spacial score (nSPS) is 43.0. The van der Waals surface area contributed by atoms with Gasteiger partial charge in [0.25, 0.3) is 0 Å². The molecule has 0 amide bonds. The molecule has 4 bridgehead atoms. The quantitative estimate of drug-likeness (QED) is 0.428. The molecular weight excluding hydrogens is 412 g/mol. The maximum Gasteiger partial charge on any atom is 0.423 e. The van der Waals surface area contributed by atoms with Gasteiger partial charge in [0, 0.05) is 6.61 Å². The van der Waals surface area contributed by atoms with E-state index >= 15 is 0 Å². The molecule has 3 rings (SSSR count). The van der Waals surface area contributed by atoms with Gasteiger partial charge in [-0.15, -0.1) is 0 Å². The second kappa shape index (κ2) is 8.44. The summed E-state index contributed by atoms with van der Waals surface area (Å²) in [6.07, 6.45) is -14.2. The van der Waals surface area contributed by atoms with E-state index in [0.29, 0.717) is 0 Å². The van der Waals surface area contributed by atoms with Crippen LogP contribution in [0.15, 0.2) is 0 Å². The number of hydrogen-bond donors (Lipinski definition) is 4. The van der Waals surface area contributed by atoms with Crippen LogP contribution in [0.25, 0.3) is 0 Å².